The van der Waals surface area contributed by atoms with Crippen LogP contribution in [0.2, 0.25) is 0 Å². The maximum Gasteiger partial charge on any atom is 0.251 e. The van der Waals surface area contributed by atoms with Gasteiger partial charge in [-0.15, -0.1) is 0 Å². The van der Waals surface area contributed by atoms with Crippen LogP contribution in [0.15, 0.2) is 18.2 Å². The molecule has 0 unspecified atom stereocenters. The van der Waals surface area contributed by atoms with E-state index in [1.54, 1.807) is 19.2 Å². The molecule has 5 nitrogen and oxygen atoms in total. The molecule has 1 amide bonds. The van der Waals surface area contributed by atoms with E-state index in [1.165, 1.54) is 0 Å². The zero-order chi connectivity index (χ0) is 14.4. The Bertz CT molecular complexity index is 431. The van der Waals surface area contributed by atoms with Gasteiger partial charge in [0.25, 0.3) is 5.91 Å². The first-order chi connectivity index (χ1) is 8.95. The number of nitrogen functional groups attached to an aromatic ring is 1. The summed E-state index contributed by atoms with van der Waals surface area (Å²) in [6, 6.07) is 5.36. The van der Waals surface area contributed by atoms with Gasteiger partial charge in [0.05, 0.1) is 11.4 Å². The molecule has 0 aliphatic carbocycles. The third-order valence-electron chi connectivity index (χ3n) is 3.03. The van der Waals surface area contributed by atoms with Gasteiger partial charge in [0.15, 0.2) is 0 Å². The molecule has 0 saturated heterocycles. The first-order valence-corrected chi connectivity index (χ1v) is 6.43. The van der Waals surface area contributed by atoms with Gasteiger partial charge in [-0.3, -0.25) is 4.79 Å². The maximum atomic E-state index is 11.6. The van der Waals surface area contributed by atoms with Gasteiger partial charge < -0.3 is 20.9 Å². The number of nitrogens with one attached hydrogen (secondary N) is 1. The molecule has 0 saturated carbocycles. The Kier molecular flexibility index (Phi) is 5.63. The second kappa shape index (κ2) is 6.99. The highest BCUT2D eigenvalue weighted by Crippen LogP contribution is 2.23. The normalized spacial score (nSPS) is 10.6. The average molecular weight is 264 g/mol. The summed E-state index contributed by atoms with van der Waals surface area (Å²) >= 11 is 0. The van der Waals surface area contributed by atoms with Crippen LogP contribution in [0, 0.1) is 0 Å². The van der Waals surface area contributed by atoms with Crippen molar-refractivity contribution >= 4 is 17.3 Å². The molecule has 19 heavy (non-hydrogen) atoms. The lowest BCUT2D eigenvalue weighted by atomic mass is 10.1. The van der Waals surface area contributed by atoms with E-state index in [4.69, 9.17) is 5.73 Å². The molecule has 5 heteroatoms. The lowest BCUT2D eigenvalue weighted by Gasteiger charge is -2.22. The number of benzene rings is 1. The van der Waals surface area contributed by atoms with E-state index in [1.807, 2.05) is 13.1 Å². The second-order valence-electron chi connectivity index (χ2n) is 4.93. The topological polar surface area (TPSA) is 61.6 Å². The largest absolute Gasteiger partial charge is 0.397 e. The van der Waals surface area contributed by atoms with Crippen molar-refractivity contribution in [2.75, 3.05) is 51.9 Å². The van der Waals surface area contributed by atoms with E-state index in [9.17, 15) is 4.79 Å². The Balaban J connectivity index is 2.77. The highest BCUT2D eigenvalue weighted by atomic mass is 16.1. The first kappa shape index (κ1) is 15.3. The molecule has 0 radical (unpaired) electrons. The van der Waals surface area contributed by atoms with Crippen LogP contribution >= 0.6 is 0 Å². The average Bonchev–Trinajstić information content (AvgIpc) is 2.37. The highest BCUT2D eigenvalue weighted by Gasteiger charge is 2.10. The lowest BCUT2D eigenvalue weighted by molar-refractivity contribution is 0.0963. The fraction of sp³-hybridized carbons (Fsp3) is 0.500. The monoisotopic (exact) mass is 264 g/mol. The third-order valence-corrected chi connectivity index (χ3v) is 3.03. The standard InChI is InChI=1S/C14H24N4O/c1-16-14(19)11-6-7-12(15)13(10-11)18(4)9-5-8-17(2)3/h6-7,10H,5,8-9,15H2,1-4H3,(H,16,19). The van der Waals surface area contributed by atoms with E-state index in [0.717, 1.165) is 25.2 Å². The number of carbonyl (C=O) groups excluding carboxylic acids is 1. The van der Waals surface area contributed by atoms with Gasteiger partial charge in [0, 0.05) is 26.2 Å². The molecular formula is C14H24N4O. The predicted molar refractivity (Wildman–Crippen MR) is 80.7 cm³/mol. The van der Waals surface area contributed by atoms with Crippen LogP contribution in [0.4, 0.5) is 11.4 Å². The second-order valence-corrected chi connectivity index (χ2v) is 4.93. The van der Waals surface area contributed by atoms with E-state index in [0.29, 0.717) is 11.3 Å². The van der Waals surface area contributed by atoms with Crippen molar-refractivity contribution in [3.63, 3.8) is 0 Å². The van der Waals surface area contributed by atoms with E-state index < -0.39 is 0 Å². The van der Waals surface area contributed by atoms with Crippen LogP contribution in [0.3, 0.4) is 0 Å². The number of nitrogens with zero attached hydrogens (tertiary/aromatic N) is 2. The van der Waals surface area contributed by atoms with Crippen molar-refractivity contribution in [3.05, 3.63) is 23.8 Å². The van der Waals surface area contributed by atoms with Gasteiger partial charge in [-0.25, -0.2) is 0 Å². The molecule has 1 rings (SSSR count). The molecule has 3 N–H and O–H groups in total. The van der Waals surface area contributed by atoms with Crippen LogP contribution in [-0.4, -0.2) is 52.1 Å². The quantitative estimate of drug-likeness (QED) is 0.753. The van der Waals surface area contributed by atoms with Gasteiger partial charge in [0.2, 0.25) is 0 Å². The molecule has 0 fully saturated rings. The molecule has 0 atom stereocenters. The minimum Gasteiger partial charge on any atom is -0.397 e. The fourth-order valence-electron chi connectivity index (χ4n) is 1.90. The van der Waals surface area contributed by atoms with Crippen LogP contribution in [0.25, 0.3) is 0 Å². The SMILES string of the molecule is CNC(=O)c1ccc(N)c(N(C)CCCN(C)C)c1. The van der Waals surface area contributed by atoms with Crippen molar-refractivity contribution in [1.29, 1.82) is 0 Å². The molecular weight excluding hydrogens is 240 g/mol. The predicted octanol–water partition coefficient (Wildman–Crippen LogP) is 1.02. The van der Waals surface area contributed by atoms with Crippen molar-refractivity contribution < 1.29 is 4.79 Å². The Labute approximate surface area is 115 Å². The number of hydrogen-bond acceptors (Lipinski definition) is 4. The number of carbonyl (C=O) groups is 1. The van der Waals surface area contributed by atoms with Crippen LogP contribution in [0.1, 0.15) is 16.8 Å². The Hall–Kier alpha value is -1.75. The summed E-state index contributed by atoms with van der Waals surface area (Å²) in [5.74, 6) is -0.0945. The summed E-state index contributed by atoms with van der Waals surface area (Å²) in [7, 11) is 7.73. The summed E-state index contributed by atoms with van der Waals surface area (Å²) in [5.41, 5.74) is 8.21. The van der Waals surface area contributed by atoms with Crippen molar-refractivity contribution in [3.8, 4) is 0 Å². The molecule has 0 bridgehead atoms. The molecule has 1 aromatic carbocycles. The van der Waals surface area contributed by atoms with E-state index in [-0.39, 0.29) is 5.91 Å². The van der Waals surface area contributed by atoms with E-state index in [2.05, 4.69) is 29.2 Å². The minimum atomic E-state index is -0.0945. The number of anilines is 2. The summed E-state index contributed by atoms with van der Waals surface area (Å²) in [4.78, 5) is 15.9. The first-order valence-electron chi connectivity index (χ1n) is 6.43. The summed E-state index contributed by atoms with van der Waals surface area (Å²) in [6.07, 6.45) is 1.05. The van der Waals surface area contributed by atoms with Crippen molar-refractivity contribution in [1.82, 2.24) is 10.2 Å². The summed E-state index contributed by atoms with van der Waals surface area (Å²) in [6.45, 7) is 1.93. The summed E-state index contributed by atoms with van der Waals surface area (Å²) < 4.78 is 0. The van der Waals surface area contributed by atoms with Gasteiger partial charge in [-0.1, -0.05) is 0 Å². The lowest BCUT2D eigenvalue weighted by Crippen LogP contribution is -2.25. The Morgan fingerprint density at radius 2 is 1.95 bits per heavy atom. The zero-order valence-electron chi connectivity index (χ0n) is 12.2. The molecule has 0 heterocycles. The zero-order valence-corrected chi connectivity index (χ0v) is 12.2. The van der Waals surface area contributed by atoms with Crippen LogP contribution in [0.5, 0.6) is 0 Å². The van der Waals surface area contributed by atoms with Crippen LogP contribution < -0.4 is 16.0 Å². The van der Waals surface area contributed by atoms with Gasteiger partial charge in [-0.05, 0) is 45.3 Å². The molecule has 1 aromatic rings. The van der Waals surface area contributed by atoms with Gasteiger partial charge >= 0.3 is 0 Å². The van der Waals surface area contributed by atoms with E-state index >= 15 is 0 Å². The Morgan fingerprint density at radius 3 is 2.53 bits per heavy atom. The molecule has 106 valence electrons. The highest BCUT2D eigenvalue weighted by molar-refractivity contribution is 5.96. The number of rotatable bonds is 6. The fourth-order valence-corrected chi connectivity index (χ4v) is 1.90. The maximum absolute atomic E-state index is 11.6. The van der Waals surface area contributed by atoms with Crippen LogP contribution in [-0.2, 0) is 0 Å². The van der Waals surface area contributed by atoms with Gasteiger partial charge in [-0.2, -0.15) is 0 Å². The third kappa shape index (κ3) is 4.44. The van der Waals surface area contributed by atoms with Crippen molar-refractivity contribution in [2.24, 2.45) is 0 Å². The van der Waals surface area contributed by atoms with Crippen molar-refractivity contribution in [2.45, 2.75) is 6.42 Å². The molecule has 0 aromatic heterocycles. The molecule has 0 spiro atoms. The summed E-state index contributed by atoms with van der Waals surface area (Å²) in [5, 5.41) is 2.62. The minimum absolute atomic E-state index is 0.0945. The molecule has 0 aliphatic heterocycles. The smallest absolute Gasteiger partial charge is 0.251 e. The number of nitrogens with two attached hydrogens (primary N) is 1. The Morgan fingerprint density at radius 1 is 1.26 bits per heavy atom. The number of hydrogen-bond donors (Lipinski definition) is 2. The van der Waals surface area contributed by atoms with Gasteiger partial charge in [0.1, 0.15) is 0 Å². The molecule has 0 aliphatic rings. The number of amides is 1.